The summed E-state index contributed by atoms with van der Waals surface area (Å²) in [6.45, 7) is 6.86. The van der Waals surface area contributed by atoms with Crippen molar-refractivity contribution < 1.29 is 22.3 Å². The molecule has 1 aromatic rings. The molecule has 0 atom stereocenters. The summed E-state index contributed by atoms with van der Waals surface area (Å²) in [5.41, 5.74) is 1.74. The number of rotatable bonds is 12. The van der Waals surface area contributed by atoms with Gasteiger partial charge in [-0.25, -0.2) is 4.79 Å². The molecule has 1 N–H and O–H groups in total. The Morgan fingerprint density at radius 1 is 0.875 bits per heavy atom. The van der Waals surface area contributed by atoms with Gasteiger partial charge in [0.2, 0.25) is 0 Å². The minimum absolute atomic E-state index is 0. The van der Waals surface area contributed by atoms with Gasteiger partial charge in [0.25, 0.3) is 0 Å². The number of hydrogen-bond acceptors (Lipinski definition) is 1. The molecule has 0 fully saturated rings. The molecule has 138 valence electrons. The summed E-state index contributed by atoms with van der Waals surface area (Å²) in [7, 11) is -0.954. The van der Waals surface area contributed by atoms with Crippen molar-refractivity contribution >= 4 is 13.2 Å². The van der Waals surface area contributed by atoms with Gasteiger partial charge in [0.1, 0.15) is 0 Å². The van der Waals surface area contributed by atoms with Gasteiger partial charge in [0, 0.05) is 7.26 Å². The van der Waals surface area contributed by atoms with Crippen LogP contribution < -0.4 is 12.4 Å². The van der Waals surface area contributed by atoms with Gasteiger partial charge in [-0.2, -0.15) is 0 Å². The summed E-state index contributed by atoms with van der Waals surface area (Å²) in [5.74, 6) is -0.833. The highest BCUT2D eigenvalue weighted by atomic mass is 35.5. The molecule has 1 rings (SSSR count). The normalized spacial score (nSPS) is 11.1. The van der Waals surface area contributed by atoms with Crippen LogP contribution in [0.4, 0.5) is 0 Å². The topological polar surface area (TPSA) is 37.3 Å². The van der Waals surface area contributed by atoms with E-state index in [0.29, 0.717) is 5.56 Å². The number of halogens is 1. The van der Waals surface area contributed by atoms with Gasteiger partial charge in [-0.1, -0.05) is 52.2 Å². The summed E-state index contributed by atoms with van der Waals surface area (Å²) >= 11 is 0. The largest absolute Gasteiger partial charge is 1.00 e. The monoisotopic (exact) mass is 372 g/mol. The first-order valence-electron chi connectivity index (χ1n) is 9.24. The van der Waals surface area contributed by atoms with Crippen molar-refractivity contribution in [2.75, 3.05) is 18.5 Å². The Hall–Kier alpha value is -0.590. The van der Waals surface area contributed by atoms with Crippen LogP contribution in [0.3, 0.4) is 0 Å². The maximum atomic E-state index is 11.0. The fraction of sp³-hybridized carbons (Fsp3) is 0.650. The Kier molecular flexibility index (Phi) is 12.4. The van der Waals surface area contributed by atoms with Gasteiger partial charge in [0.15, 0.2) is 0 Å². The number of aromatic carboxylic acids is 1. The minimum Gasteiger partial charge on any atom is -1.00 e. The van der Waals surface area contributed by atoms with Crippen LogP contribution in [0, 0.1) is 0 Å². The van der Waals surface area contributed by atoms with Gasteiger partial charge in [-0.3, -0.25) is 0 Å². The van der Waals surface area contributed by atoms with E-state index in [1.807, 2.05) is 12.1 Å². The first-order chi connectivity index (χ1) is 11.1. The number of carboxylic acid groups (broad SMARTS) is 1. The molecule has 1 aromatic carbocycles. The van der Waals surface area contributed by atoms with Crippen molar-refractivity contribution in [2.45, 2.75) is 65.5 Å². The zero-order chi connectivity index (χ0) is 17.1. The lowest BCUT2D eigenvalue weighted by molar-refractivity contribution is -0.0000206. The second-order valence-corrected chi connectivity index (χ2v) is 11.1. The molecule has 0 unspecified atom stereocenters. The smallest absolute Gasteiger partial charge is 0.335 e. The number of unbranched alkanes of at least 4 members (excludes halogenated alkanes) is 3. The third-order valence-electron chi connectivity index (χ3n) is 4.68. The lowest BCUT2D eigenvalue weighted by atomic mass is 10.1. The summed E-state index contributed by atoms with van der Waals surface area (Å²) in [6, 6.07) is 7.63. The molecular formula is C20H34ClO2P. The molecule has 0 aliphatic heterocycles. The van der Waals surface area contributed by atoms with Crippen molar-refractivity contribution in [1.82, 2.24) is 0 Å². The molecule has 0 saturated heterocycles. The Balaban J connectivity index is 0.00000529. The van der Waals surface area contributed by atoms with Gasteiger partial charge >= 0.3 is 5.97 Å². The van der Waals surface area contributed by atoms with Gasteiger partial charge < -0.3 is 17.5 Å². The molecule has 0 radical (unpaired) electrons. The Morgan fingerprint density at radius 2 is 1.29 bits per heavy atom. The minimum atomic E-state index is -0.954. The van der Waals surface area contributed by atoms with E-state index in [9.17, 15) is 4.79 Å². The van der Waals surface area contributed by atoms with E-state index in [1.165, 1.54) is 68.7 Å². The number of benzene rings is 1. The number of carbonyl (C=O) groups is 1. The quantitative estimate of drug-likeness (QED) is 0.571. The van der Waals surface area contributed by atoms with Crippen molar-refractivity contribution in [3.63, 3.8) is 0 Å². The molecule has 2 nitrogen and oxygen atoms in total. The predicted molar refractivity (Wildman–Crippen MR) is 103 cm³/mol. The molecule has 0 aliphatic carbocycles. The second kappa shape index (κ2) is 12.7. The van der Waals surface area contributed by atoms with E-state index in [0.717, 1.165) is 0 Å². The lowest BCUT2D eigenvalue weighted by Gasteiger charge is -2.28. The van der Waals surface area contributed by atoms with E-state index in [2.05, 4.69) is 20.8 Å². The third kappa shape index (κ3) is 7.99. The van der Waals surface area contributed by atoms with E-state index in [4.69, 9.17) is 5.11 Å². The van der Waals surface area contributed by atoms with Gasteiger partial charge in [-0.05, 0) is 37.0 Å². The van der Waals surface area contributed by atoms with Gasteiger partial charge in [0.05, 0.1) is 30.2 Å². The second-order valence-electron chi connectivity index (χ2n) is 6.73. The lowest BCUT2D eigenvalue weighted by Crippen LogP contribution is -3.00. The molecule has 0 bridgehead atoms. The molecular weight excluding hydrogens is 339 g/mol. The van der Waals surface area contributed by atoms with Crippen LogP contribution in [0.2, 0.25) is 0 Å². The number of carboxylic acids is 1. The van der Waals surface area contributed by atoms with Gasteiger partial charge in [-0.15, -0.1) is 0 Å². The van der Waals surface area contributed by atoms with E-state index in [-0.39, 0.29) is 12.4 Å². The summed E-state index contributed by atoms with van der Waals surface area (Å²) < 4.78 is 0. The van der Waals surface area contributed by atoms with E-state index in [1.54, 1.807) is 12.1 Å². The summed E-state index contributed by atoms with van der Waals surface area (Å²) in [6.07, 6.45) is 13.3. The average molecular weight is 373 g/mol. The van der Waals surface area contributed by atoms with Crippen LogP contribution in [0.25, 0.3) is 0 Å². The van der Waals surface area contributed by atoms with Crippen LogP contribution >= 0.6 is 7.26 Å². The third-order valence-corrected chi connectivity index (χ3v) is 9.51. The standard InChI is InChI=1S/C20H33O2P.ClH/c1-4-7-14-23(15-8-5-2,16-9-6-3)17-18-10-12-19(13-11-18)20(21)22;/h10-13H,4-9,14-17H2,1-3H3;1H. The molecule has 0 saturated carbocycles. The van der Waals surface area contributed by atoms with Crippen molar-refractivity contribution in [2.24, 2.45) is 0 Å². The zero-order valence-electron chi connectivity index (χ0n) is 15.6. The Labute approximate surface area is 155 Å². The van der Waals surface area contributed by atoms with E-state index >= 15 is 0 Å². The van der Waals surface area contributed by atoms with Crippen LogP contribution in [0.15, 0.2) is 24.3 Å². The molecule has 0 aliphatic rings. The van der Waals surface area contributed by atoms with E-state index < -0.39 is 13.2 Å². The zero-order valence-corrected chi connectivity index (χ0v) is 17.2. The summed E-state index contributed by atoms with van der Waals surface area (Å²) in [5, 5.41) is 9.06. The van der Waals surface area contributed by atoms with Crippen molar-refractivity contribution in [3.8, 4) is 0 Å². The maximum absolute atomic E-state index is 11.0. The fourth-order valence-electron chi connectivity index (χ4n) is 3.19. The van der Waals surface area contributed by atoms with Crippen LogP contribution in [-0.2, 0) is 6.16 Å². The molecule has 0 spiro atoms. The highest BCUT2D eigenvalue weighted by Crippen LogP contribution is 2.63. The Bertz CT molecular complexity index is 437. The molecule has 0 heterocycles. The SMILES string of the molecule is CCCC[P+](CCCC)(CCCC)Cc1ccc(C(=O)O)cc1.[Cl-]. The Morgan fingerprint density at radius 3 is 1.62 bits per heavy atom. The molecule has 24 heavy (non-hydrogen) atoms. The molecule has 0 aromatic heterocycles. The van der Waals surface area contributed by atoms with Crippen molar-refractivity contribution in [1.29, 1.82) is 0 Å². The fourth-order valence-corrected chi connectivity index (χ4v) is 8.28. The first kappa shape index (κ1) is 23.4. The predicted octanol–water partition coefficient (Wildman–Crippen LogP) is 3.31. The highest BCUT2D eigenvalue weighted by molar-refractivity contribution is 7.75. The summed E-state index contributed by atoms with van der Waals surface area (Å²) in [4.78, 5) is 11.0. The van der Waals surface area contributed by atoms with Crippen LogP contribution in [-0.4, -0.2) is 29.6 Å². The average Bonchev–Trinajstić information content (AvgIpc) is 2.56. The molecule has 4 heteroatoms. The number of hydrogen-bond donors (Lipinski definition) is 1. The highest BCUT2D eigenvalue weighted by Gasteiger charge is 2.35. The first-order valence-corrected chi connectivity index (χ1v) is 11.8. The maximum Gasteiger partial charge on any atom is 0.335 e. The van der Waals surface area contributed by atoms with Crippen molar-refractivity contribution in [3.05, 3.63) is 35.4 Å². The molecule has 0 amide bonds. The van der Waals surface area contributed by atoms with Crippen LogP contribution in [0.1, 0.15) is 75.2 Å². The van der Waals surface area contributed by atoms with Crippen LogP contribution in [0.5, 0.6) is 0 Å².